The zero-order valence-corrected chi connectivity index (χ0v) is 32.4. The number of ether oxygens (including phenoxy) is 2. The molecule has 162 valence electrons. The monoisotopic (exact) mass is 642 g/mol. The van der Waals surface area contributed by atoms with Gasteiger partial charge >= 0.3 is 206 Å². The minimum Gasteiger partial charge on any atom is -0.735 e. The van der Waals surface area contributed by atoms with Gasteiger partial charge in [0.15, 0.2) is 66.1 Å². The standard InChI is InChI=1S/C6H10N4O14S4.4K/c11-25(12,13)7-1-3-10(28(20,21)22)4-2(7)9(27(17,18)19)6(24-4)5(23-3)8(1)26(14,15)16;;;;/h1-6H,(H,11,12,13)(H,14,15,16)(H,17,18,19)(H,20,21,22);;;;/q;4*+1/p-4. The fourth-order valence-corrected chi connectivity index (χ4v) is 7.33. The Hall–Kier alpha value is 5.95. The van der Waals surface area contributed by atoms with Crippen LogP contribution in [0.3, 0.4) is 0 Å². The van der Waals surface area contributed by atoms with Crippen molar-refractivity contribution in [3.8, 4) is 0 Å². The zero-order valence-electron chi connectivity index (χ0n) is 16.6. The average molecular weight is 643 g/mol. The van der Waals surface area contributed by atoms with E-state index in [1.165, 1.54) is 0 Å². The first-order chi connectivity index (χ1) is 12.5. The van der Waals surface area contributed by atoms with E-state index in [4.69, 9.17) is 9.47 Å². The summed E-state index contributed by atoms with van der Waals surface area (Å²) in [5.74, 6) is 0. The molecule has 0 aromatic heterocycles. The molecule has 0 radical (unpaired) electrons. The first-order valence-corrected chi connectivity index (χ1v) is 12.2. The van der Waals surface area contributed by atoms with Crippen molar-refractivity contribution in [3.63, 3.8) is 0 Å². The van der Waals surface area contributed by atoms with Gasteiger partial charge in [-0.3, -0.25) is 0 Å². The molecule has 0 amide bonds. The Balaban J connectivity index is 0.00000240. The summed E-state index contributed by atoms with van der Waals surface area (Å²) in [5.41, 5.74) is 0. The van der Waals surface area contributed by atoms with Crippen molar-refractivity contribution >= 4 is 41.2 Å². The SMILES string of the molecule is O=S(=O)([O-])N1C2OC3C4OC1C(N4S(=O)(=O)[O-])N(S(=O)(=O)[O-])C2N3S(=O)(=O)[O-].[K+].[K+].[K+].[K+]. The number of piperazine rings is 1. The molecule has 26 heteroatoms. The van der Waals surface area contributed by atoms with Crippen molar-refractivity contribution in [3.05, 3.63) is 0 Å². The second kappa shape index (κ2) is 12.4. The van der Waals surface area contributed by atoms with Crippen LogP contribution in [0.1, 0.15) is 0 Å². The predicted octanol–water partition coefficient (Wildman–Crippen LogP) is -17.9. The largest absolute Gasteiger partial charge is 1.00 e. The topological polar surface area (TPSA) is 260 Å². The zero-order chi connectivity index (χ0) is 21.2. The van der Waals surface area contributed by atoms with Gasteiger partial charge in [-0.15, -0.1) is 0 Å². The molecule has 5 heterocycles. The fourth-order valence-electron chi connectivity index (χ4n) is 3.68. The van der Waals surface area contributed by atoms with E-state index >= 15 is 0 Å². The molecule has 6 atom stereocenters. The van der Waals surface area contributed by atoms with E-state index < -0.39 is 82.8 Å². The van der Waals surface area contributed by atoms with Gasteiger partial charge in [-0.2, -0.15) is 17.2 Å². The molecule has 5 saturated heterocycles. The summed E-state index contributed by atoms with van der Waals surface area (Å²) in [6, 6.07) is 0. The van der Waals surface area contributed by atoms with Crippen LogP contribution in [0.25, 0.3) is 0 Å². The van der Waals surface area contributed by atoms with E-state index in [2.05, 4.69) is 0 Å². The van der Waals surface area contributed by atoms with Crippen molar-refractivity contribution in [1.82, 2.24) is 17.2 Å². The third kappa shape index (κ3) is 6.54. The first kappa shape index (κ1) is 37.9. The molecular weight excluding hydrogens is 637 g/mol. The molecule has 0 aliphatic carbocycles. The fraction of sp³-hybridized carbons (Fsp3) is 1.00. The molecule has 5 fully saturated rings. The molecule has 0 saturated carbocycles. The minimum atomic E-state index is -5.87. The maximum absolute atomic E-state index is 11.7. The molecule has 0 N–H and O–H groups in total. The summed E-state index contributed by atoms with van der Waals surface area (Å²) in [4.78, 5) is 0. The summed E-state index contributed by atoms with van der Waals surface area (Å²) in [5, 5.41) is 0. The van der Waals surface area contributed by atoms with Gasteiger partial charge in [0.05, 0.1) is 0 Å². The second-order valence-corrected chi connectivity index (χ2v) is 10.9. The van der Waals surface area contributed by atoms with E-state index in [9.17, 15) is 51.9 Å². The van der Waals surface area contributed by atoms with E-state index in [1.54, 1.807) is 0 Å². The smallest absolute Gasteiger partial charge is 0.735 e. The van der Waals surface area contributed by atoms with Crippen molar-refractivity contribution in [2.45, 2.75) is 37.2 Å². The first-order valence-electron chi connectivity index (χ1n) is 6.74. The summed E-state index contributed by atoms with van der Waals surface area (Å²) in [6.45, 7) is 0. The predicted molar refractivity (Wildman–Crippen MR) is 71.0 cm³/mol. The Morgan fingerprint density at radius 2 is 0.688 bits per heavy atom. The second-order valence-electron chi connectivity index (χ2n) is 5.81. The van der Waals surface area contributed by atoms with Crippen molar-refractivity contribution in [2.24, 2.45) is 0 Å². The van der Waals surface area contributed by atoms with Crippen LogP contribution in [-0.2, 0) is 50.7 Å². The number of hydrogen-bond acceptors (Lipinski definition) is 14. The minimum absolute atomic E-state index is 0. The summed E-state index contributed by atoms with van der Waals surface area (Å²) >= 11 is 0. The Kier molecular flexibility index (Phi) is 14.8. The Labute approximate surface area is 353 Å². The number of hydrogen-bond donors (Lipinski definition) is 0. The van der Waals surface area contributed by atoms with Gasteiger partial charge in [-0.1, -0.05) is 0 Å². The Morgan fingerprint density at radius 1 is 0.438 bits per heavy atom. The van der Waals surface area contributed by atoms with Crippen LogP contribution < -0.4 is 206 Å². The van der Waals surface area contributed by atoms with Crippen LogP contribution in [0.15, 0.2) is 0 Å². The maximum Gasteiger partial charge on any atom is 1.00 e. The summed E-state index contributed by atoms with van der Waals surface area (Å²) in [6.07, 6.45) is -14.6. The van der Waals surface area contributed by atoms with Crippen molar-refractivity contribution in [2.75, 3.05) is 0 Å². The van der Waals surface area contributed by atoms with E-state index in [0.717, 1.165) is 0 Å². The van der Waals surface area contributed by atoms with Crippen LogP contribution in [-0.4, -0.2) is 106 Å². The molecule has 6 unspecified atom stereocenters. The molecule has 5 rings (SSSR count). The Morgan fingerprint density at radius 3 is 0.906 bits per heavy atom. The molecule has 0 spiro atoms. The molecule has 5 aliphatic heterocycles. The summed E-state index contributed by atoms with van der Waals surface area (Å²) in [7, 11) is -23.1. The normalized spacial score (nSPS) is 35.4. The van der Waals surface area contributed by atoms with Gasteiger partial charge in [0.1, 0.15) is 12.3 Å². The number of rotatable bonds is 4. The molecule has 18 nitrogen and oxygen atoms in total. The van der Waals surface area contributed by atoms with Gasteiger partial charge in [0.2, 0.25) is 0 Å². The van der Waals surface area contributed by atoms with Gasteiger partial charge in [0.25, 0.3) is 0 Å². The Bertz CT molecular complexity index is 1100. The maximum atomic E-state index is 11.7. The van der Waals surface area contributed by atoms with Crippen LogP contribution in [0.5, 0.6) is 0 Å². The number of nitrogens with zero attached hydrogens (tertiary/aromatic N) is 4. The van der Waals surface area contributed by atoms with E-state index in [1.807, 2.05) is 0 Å². The third-order valence-corrected chi connectivity index (χ3v) is 8.15. The molecule has 0 aromatic carbocycles. The van der Waals surface area contributed by atoms with Crippen LogP contribution in [0.4, 0.5) is 0 Å². The molecular formula is C6H6K4N4O14S4. The van der Waals surface area contributed by atoms with Gasteiger partial charge < -0.3 is 27.7 Å². The van der Waals surface area contributed by atoms with Gasteiger partial charge in [0, 0.05) is 0 Å². The van der Waals surface area contributed by atoms with Crippen molar-refractivity contribution < 1.29 is 267 Å². The quantitative estimate of drug-likeness (QED) is 0.204. The van der Waals surface area contributed by atoms with Crippen LogP contribution >= 0.6 is 0 Å². The molecule has 6 bridgehead atoms. The molecule has 5 aliphatic rings. The van der Waals surface area contributed by atoms with Gasteiger partial charge in [-0.25, -0.2) is 33.7 Å². The third-order valence-electron chi connectivity index (χ3n) is 4.39. The van der Waals surface area contributed by atoms with Crippen LogP contribution in [0, 0.1) is 0 Å². The van der Waals surface area contributed by atoms with E-state index in [-0.39, 0.29) is 218 Å². The molecule has 0 aromatic rings. The average Bonchev–Trinajstić information content (AvgIpc) is 2.88. The van der Waals surface area contributed by atoms with Crippen LogP contribution in [0.2, 0.25) is 0 Å². The van der Waals surface area contributed by atoms with Crippen molar-refractivity contribution in [1.29, 1.82) is 0 Å². The van der Waals surface area contributed by atoms with E-state index in [0.29, 0.717) is 0 Å². The molecule has 32 heavy (non-hydrogen) atoms. The van der Waals surface area contributed by atoms with Gasteiger partial charge in [-0.05, 0) is 0 Å². The summed E-state index contributed by atoms with van der Waals surface area (Å²) < 4.78 is 148.